The Morgan fingerprint density at radius 3 is 2.50 bits per heavy atom. The zero-order chi connectivity index (χ0) is 27.4. The summed E-state index contributed by atoms with van der Waals surface area (Å²) >= 11 is 1.13. The molecule has 192 valence electrons. The van der Waals surface area contributed by atoms with Crippen LogP contribution in [0.1, 0.15) is 15.9 Å². The second-order valence-electron chi connectivity index (χ2n) is 7.75. The first-order valence-corrected chi connectivity index (χ1v) is 11.6. The van der Waals surface area contributed by atoms with Crippen molar-refractivity contribution < 1.29 is 28.9 Å². The van der Waals surface area contributed by atoms with Gasteiger partial charge in [-0.1, -0.05) is 18.2 Å². The molecule has 1 fully saturated rings. The normalized spacial score (nSPS) is 15.1. The SMILES string of the molecule is COC(=O)c1cccc(N=C2SC(=Cc3cccc(Oc4ccc([N+](=O)[O-])cc4[N+](=O)[O-])c3)C(=O)N2C)c1. The Bertz CT molecular complexity index is 1540. The Balaban J connectivity index is 1.58. The van der Waals surface area contributed by atoms with Gasteiger partial charge in [-0.3, -0.25) is 29.9 Å². The summed E-state index contributed by atoms with van der Waals surface area (Å²) in [5.41, 5.74) is 0.384. The maximum absolute atomic E-state index is 12.8. The molecule has 12 nitrogen and oxygen atoms in total. The van der Waals surface area contributed by atoms with E-state index in [0.717, 1.165) is 30.0 Å². The summed E-state index contributed by atoms with van der Waals surface area (Å²) in [5, 5.41) is 22.8. The van der Waals surface area contributed by atoms with E-state index in [1.807, 2.05) is 0 Å². The number of nitro benzene ring substituents is 2. The fraction of sp³-hybridized carbons (Fsp3) is 0.0800. The number of hydrogen-bond acceptors (Lipinski definition) is 10. The Morgan fingerprint density at radius 1 is 1.03 bits per heavy atom. The van der Waals surface area contributed by atoms with Crippen LogP contribution < -0.4 is 4.74 Å². The van der Waals surface area contributed by atoms with Crippen molar-refractivity contribution in [3.8, 4) is 11.5 Å². The summed E-state index contributed by atoms with van der Waals surface area (Å²) in [5.74, 6) is -0.735. The van der Waals surface area contributed by atoms with Crippen LogP contribution in [0.3, 0.4) is 0 Å². The number of esters is 1. The number of amides is 1. The number of carbonyl (C=O) groups excluding carboxylic acids is 2. The van der Waals surface area contributed by atoms with Crippen molar-refractivity contribution in [2.24, 2.45) is 4.99 Å². The summed E-state index contributed by atoms with van der Waals surface area (Å²) in [6.07, 6.45) is 1.62. The van der Waals surface area contributed by atoms with Gasteiger partial charge in [-0.05, 0) is 59.8 Å². The lowest BCUT2D eigenvalue weighted by molar-refractivity contribution is -0.394. The summed E-state index contributed by atoms with van der Waals surface area (Å²) in [4.78, 5) is 51.7. The number of methoxy groups -OCH3 is 1. The largest absolute Gasteiger partial charge is 0.465 e. The minimum atomic E-state index is -0.764. The Hall–Kier alpha value is -5.04. The Morgan fingerprint density at radius 2 is 1.79 bits per heavy atom. The lowest BCUT2D eigenvalue weighted by atomic mass is 10.2. The fourth-order valence-corrected chi connectivity index (χ4v) is 4.36. The zero-order valence-electron chi connectivity index (χ0n) is 19.9. The van der Waals surface area contributed by atoms with Gasteiger partial charge in [0.15, 0.2) is 5.17 Å². The van der Waals surface area contributed by atoms with Crippen molar-refractivity contribution in [3.05, 3.63) is 103 Å². The molecular formula is C25H18N4O8S. The van der Waals surface area contributed by atoms with E-state index in [9.17, 15) is 29.8 Å². The number of non-ortho nitro benzene ring substituents is 1. The number of hydrogen-bond donors (Lipinski definition) is 0. The third-order valence-corrected chi connectivity index (χ3v) is 6.29. The summed E-state index contributed by atoms with van der Waals surface area (Å²) in [7, 11) is 2.86. The third-order valence-electron chi connectivity index (χ3n) is 5.23. The summed E-state index contributed by atoms with van der Waals surface area (Å²) < 4.78 is 10.4. The molecule has 0 bridgehead atoms. The molecule has 38 heavy (non-hydrogen) atoms. The van der Waals surface area contributed by atoms with Gasteiger partial charge in [-0.2, -0.15) is 0 Å². The van der Waals surface area contributed by atoms with Crippen molar-refractivity contribution >= 4 is 51.9 Å². The molecule has 0 radical (unpaired) electrons. The molecule has 3 aromatic rings. The maximum Gasteiger partial charge on any atom is 0.337 e. The molecule has 1 saturated heterocycles. The third kappa shape index (κ3) is 5.68. The molecule has 1 aliphatic rings. The van der Waals surface area contributed by atoms with Gasteiger partial charge in [0.05, 0.1) is 39.2 Å². The van der Waals surface area contributed by atoms with Crippen LogP contribution >= 0.6 is 11.8 Å². The molecule has 0 spiro atoms. The molecule has 0 unspecified atom stereocenters. The van der Waals surface area contributed by atoms with Crippen LogP contribution in [0.15, 0.2) is 76.6 Å². The number of amidine groups is 1. The van der Waals surface area contributed by atoms with Gasteiger partial charge in [-0.25, -0.2) is 9.79 Å². The number of aliphatic imine (C=N–C) groups is 1. The highest BCUT2D eigenvalue weighted by Gasteiger charge is 2.30. The number of carbonyl (C=O) groups is 2. The predicted octanol–water partition coefficient (Wildman–Crippen LogP) is 5.32. The quantitative estimate of drug-likeness (QED) is 0.170. The molecule has 0 aliphatic carbocycles. The van der Waals surface area contributed by atoms with Crippen LogP contribution in [0.4, 0.5) is 17.1 Å². The smallest absolute Gasteiger partial charge is 0.337 e. The molecule has 3 aromatic carbocycles. The highest BCUT2D eigenvalue weighted by molar-refractivity contribution is 8.18. The first-order valence-electron chi connectivity index (χ1n) is 10.8. The van der Waals surface area contributed by atoms with Gasteiger partial charge in [0.25, 0.3) is 11.6 Å². The number of rotatable bonds is 7. The van der Waals surface area contributed by atoms with Gasteiger partial charge in [0, 0.05) is 13.1 Å². The number of likely N-dealkylation sites (N-methyl/N-ethyl adjacent to an activating group) is 1. The number of nitro groups is 2. The van der Waals surface area contributed by atoms with E-state index in [0.29, 0.717) is 26.9 Å². The molecule has 1 aliphatic heterocycles. The van der Waals surface area contributed by atoms with Crippen LogP contribution in [0.2, 0.25) is 0 Å². The van der Waals surface area contributed by atoms with Crippen LogP contribution in [0.5, 0.6) is 11.5 Å². The first kappa shape index (κ1) is 26.0. The van der Waals surface area contributed by atoms with Crippen molar-refractivity contribution in [2.45, 2.75) is 0 Å². The molecule has 1 heterocycles. The van der Waals surface area contributed by atoms with Crippen molar-refractivity contribution in [2.75, 3.05) is 14.2 Å². The van der Waals surface area contributed by atoms with E-state index >= 15 is 0 Å². The first-order chi connectivity index (χ1) is 18.2. The predicted molar refractivity (Wildman–Crippen MR) is 139 cm³/mol. The zero-order valence-corrected chi connectivity index (χ0v) is 20.7. The summed E-state index contributed by atoms with van der Waals surface area (Å²) in [6, 6.07) is 16.1. The average molecular weight is 535 g/mol. The average Bonchev–Trinajstić information content (AvgIpc) is 3.16. The topological polar surface area (TPSA) is 154 Å². The van der Waals surface area contributed by atoms with E-state index in [1.54, 1.807) is 61.7 Å². The molecule has 13 heteroatoms. The van der Waals surface area contributed by atoms with Crippen LogP contribution in [-0.4, -0.2) is 45.9 Å². The molecule has 0 atom stereocenters. The minimum Gasteiger partial charge on any atom is -0.465 e. The molecule has 0 saturated carbocycles. The van der Waals surface area contributed by atoms with Crippen LogP contribution in [0, 0.1) is 20.2 Å². The monoisotopic (exact) mass is 534 g/mol. The standard InChI is InChI=1S/C25H18N4O8S/c1-27-23(30)22(38-25(27)26-17-7-4-6-16(13-17)24(31)36-2)12-15-5-3-8-19(11-15)37-21-10-9-18(28(32)33)14-20(21)29(34)35/h3-14H,1-2H3. The number of ether oxygens (including phenoxy) is 2. The molecular weight excluding hydrogens is 516 g/mol. The number of thioether (sulfide) groups is 1. The van der Waals surface area contributed by atoms with Crippen molar-refractivity contribution in [1.29, 1.82) is 0 Å². The van der Waals surface area contributed by atoms with E-state index in [4.69, 9.17) is 9.47 Å². The van der Waals surface area contributed by atoms with E-state index in [1.165, 1.54) is 12.0 Å². The second kappa shape index (κ2) is 10.9. The van der Waals surface area contributed by atoms with Crippen molar-refractivity contribution in [3.63, 3.8) is 0 Å². The van der Waals surface area contributed by atoms with Crippen molar-refractivity contribution in [1.82, 2.24) is 4.90 Å². The lowest BCUT2D eigenvalue weighted by Gasteiger charge is -2.08. The van der Waals surface area contributed by atoms with Gasteiger partial charge in [0.1, 0.15) is 5.75 Å². The maximum atomic E-state index is 12.8. The fourth-order valence-electron chi connectivity index (χ4n) is 3.38. The number of benzene rings is 3. The highest BCUT2D eigenvalue weighted by Crippen LogP contribution is 2.36. The van der Waals surface area contributed by atoms with Gasteiger partial charge >= 0.3 is 11.7 Å². The molecule has 0 aromatic heterocycles. The summed E-state index contributed by atoms with van der Waals surface area (Å²) in [6.45, 7) is 0. The minimum absolute atomic E-state index is 0.167. The van der Waals surface area contributed by atoms with E-state index in [2.05, 4.69) is 4.99 Å². The second-order valence-corrected chi connectivity index (χ2v) is 8.76. The van der Waals surface area contributed by atoms with E-state index in [-0.39, 0.29) is 17.4 Å². The van der Waals surface area contributed by atoms with Gasteiger partial charge in [-0.15, -0.1) is 0 Å². The molecule has 1 amide bonds. The number of nitrogens with zero attached hydrogens (tertiary/aromatic N) is 4. The molecule has 4 rings (SSSR count). The Labute approximate surface area is 219 Å². The van der Waals surface area contributed by atoms with Gasteiger partial charge < -0.3 is 9.47 Å². The van der Waals surface area contributed by atoms with Crippen LogP contribution in [-0.2, 0) is 9.53 Å². The van der Waals surface area contributed by atoms with E-state index < -0.39 is 27.2 Å². The van der Waals surface area contributed by atoms with Gasteiger partial charge in [0.2, 0.25) is 5.75 Å². The Kier molecular flexibility index (Phi) is 7.48. The highest BCUT2D eigenvalue weighted by atomic mass is 32.2. The lowest BCUT2D eigenvalue weighted by Crippen LogP contribution is -2.23. The molecule has 0 N–H and O–H groups in total. The van der Waals surface area contributed by atoms with Crippen LogP contribution in [0.25, 0.3) is 6.08 Å².